The van der Waals surface area contributed by atoms with Crippen molar-refractivity contribution in [3.63, 3.8) is 0 Å². The number of sulfone groups is 1. The lowest BCUT2D eigenvalue weighted by molar-refractivity contribution is 0.134. The number of ether oxygens (including phenoxy) is 2. The third kappa shape index (κ3) is 6.00. The summed E-state index contributed by atoms with van der Waals surface area (Å²) in [4.78, 5) is 23.4. The van der Waals surface area contributed by atoms with Gasteiger partial charge in [0.05, 0.1) is 18.1 Å². The molecule has 1 rings (SSSR count). The van der Waals surface area contributed by atoms with Crippen molar-refractivity contribution in [2.24, 2.45) is 0 Å². The highest BCUT2D eigenvalue weighted by atomic mass is 79.9. The van der Waals surface area contributed by atoms with E-state index in [9.17, 15) is 18.0 Å². The molecule has 10 heteroatoms. The Labute approximate surface area is 148 Å². The van der Waals surface area contributed by atoms with Gasteiger partial charge < -0.3 is 9.47 Å². The van der Waals surface area contributed by atoms with E-state index in [1.165, 1.54) is 12.1 Å². The van der Waals surface area contributed by atoms with E-state index in [1.807, 2.05) is 0 Å². The van der Waals surface area contributed by atoms with Crippen molar-refractivity contribution in [1.82, 2.24) is 10.6 Å². The lowest BCUT2D eigenvalue weighted by Crippen LogP contribution is -2.42. The van der Waals surface area contributed by atoms with Crippen LogP contribution in [-0.2, 0) is 19.3 Å². The maximum absolute atomic E-state index is 12.0. The zero-order valence-corrected chi connectivity index (χ0v) is 15.9. The molecule has 0 atom stereocenters. The van der Waals surface area contributed by atoms with E-state index in [4.69, 9.17) is 9.47 Å². The predicted octanol–water partition coefficient (Wildman–Crippen LogP) is 2.34. The Morgan fingerprint density at radius 3 is 2.04 bits per heavy atom. The number of benzene rings is 1. The SMILES string of the molecule is CCOC(=O)NC(NC(=O)OCC)c1ccc(Br)cc1S(C)(=O)=O. The van der Waals surface area contributed by atoms with Crippen LogP contribution in [0.25, 0.3) is 0 Å². The second-order valence-corrected chi connectivity index (χ2v) is 7.52. The molecule has 0 bridgehead atoms. The van der Waals surface area contributed by atoms with Gasteiger partial charge in [-0.05, 0) is 26.0 Å². The van der Waals surface area contributed by atoms with Crippen LogP contribution in [0.3, 0.4) is 0 Å². The van der Waals surface area contributed by atoms with Gasteiger partial charge in [0.2, 0.25) is 0 Å². The van der Waals surface area contributed by atoms with Gasteiger partial charge in [-0.15, -0.1) is 0 Å². The first-order valence-corrected chi connectivity index (χ1v) is 9.73. The van der Waals surface area contributed by atoms with E-state index in [1.54, 1.807) is 19.9 Å². The van der Waals surface area contributed by atoms with E-state index in [0.29, 0.717) is 4.47 Å². The molecule has 2 N–H and O–H groups in total. The average molecular weight is 423 g/mol. The Hall–Kier alpha value is -1.81. The van der Waals surface area contributed by atoms with Gasteiger partial charge in [-0.25, -0.2) is 18.0 Å². The maximum Gasteiger partial charge on any atom is 0.409 e. The molecule has 0 saturated heterocycles. The fourth-order valence-electron chi connectivity index (χ4n) is 1.84. The van der Waals surface area contributed by atoms with Gasteiger partial charge in [0.25, 0.3) is 0 Å². The summed E-state index contributed by atoms with van der Waals surface area (Å²) in [5, 5.41) is 4.81. The molecule has 0 aliphatic carbocycles. The standard InChI is InChI=1S/C14H19BrN2O6S/c1-4-22-13(18)16-12(17-14(19)23-5-2)10-7-6-9(15)8-11(10)24(3,20)21/h6-8,12H,4-5H2,1-3H3,(H,16,18)(H,17,19). The van der Waals surface area contributed by atoms with Crippen LogP contribution >= 0.6 is 15.9 Å². The van der Waals surface area contributed by atoms with E-state index in [0.717, 1.165) is 6.26 Å². The lowest BCUT2D eigenvalue weighted by atomic mass is 10.1. The number of nitrogens with one attached hydrogen (secondary N) is 2. The number of hydrogen-bond acceptors (Lipinski definition) is 6. The molecule has 0 aliphatic rings. The number of rotatable bonds is 6. The van der Waals surface area contributed by atoms with Crippen molar-refractivity contribution < 1.29 is 27.5 Å². The highest BCUT2D eigenvalue weighted by Crippen LogP contribution is 2.25. The fourth-order valence-corrected chi connectivity index (χ4v) is 3.31. The molecule has 2 amide bonds. The zero-order chi connectivity index (χ0) is 18.3. The van der Waals surface area contributed by atoms with Crippen LogP contribution in [0.2, 0.25) is 0 Å². The summed E-state index contributed by atoms with van der Waals surface area (Å²) in [7, 11) is -3.61. The summed E-state index contributed by atoms with van der Waals surface area (Å²) in [6.45, 7) is 3.48. The highest BCUT2D eigenvalue weighted by Gasteiger charge is 2.25. The minimum Gasteiger partial charge on any atom is -0.450 e. The number of halogens is 1. The second kappa shape index (κ2) is 8.88. The van der Waals surface area contributed by atoms with Crippen molar-refractivity contribution in [1.29, 1.82) is 0 Å². The predicted molar refractivity (Wildman–Crippen MR) is 90.3 cm³/mol. The van der Waals surface area contributed by atoms with Gasteiger partial charge in [-0.2, -0.15) is 0 Å². The molecular weight excluding hydrogens is 404 g/mol. The topological polar surface area (TPSA) is 111 Å². The van der Waals surface area contributed by atoms with Crippen LogP contribution in [0, 0.1) is 0 Å². The Morgan fingerprint density at radius 1 is 1.12 bits per heavy atom. The molecule has 8 nitrogen and oxygen atoms in total. The largest absolute Gasteiger partial charge is 0.450 e. The normalized spacial score (nSPS) is 11.0. The zero-order valence-electron chi connectivity index (χ0n) is 13.5. The van der Waals surface area contributed by atoms with E-state index in [-0.39, 0.29) is 23.7 Å². The molecule has 1 aromatic carbocycles. The van der Waals surface area contributed by atoms with Gasteiger partial charge in [0, 0.05) is 16.3 Å². The van der Waals surface area contributed by atoms with Crippen LogP contribution in [0.1, 0.15) is 25.6 Å². The lowest BCUT2D eigenvalue weighted by Gasteiger charge is -2.22. The van der Waals surface area contributed by atoms with E-state index >= 15 is 0 Å². The van der Waals surface area contributed by atoms with Crippen LogP contribution < -0.4 is 10.6 Å². The van der Waals surface area contributed by atoms with Crippen molar-refractivity contribution in [2.45, 2.75) is 24.9 Å². The molecule has 0 spiro atoms. The first-order valence-electron chi connectivity index (χ1n) is 7.05. The summed E-state index contributed by atoms with van der Waals surface area (Å²) in [5.74, 6) is 0. The Bertz CT molecular complexity index is 687. The summed E-state index contributed by atoms with van der Waals surface area (Å²) < 4.78 is 34.2. The van der Waals surface area contributed by atoms with Crippen LogP contribution in [0.5, 0.6) is 0 Å². The van der Waals surface area contributed by atoms with Crippen LogP contribution in [-0.4, -0.2) is 40.1 Å². The number of alkyl carbamates (subject to hydrolysis) is 2. The molecule has 1 aromatic rings. The molecule has 0 fully saturated rings. The van der Waals surface area contributed by atoms with Crippen LogP contribution in [0.4, 0.5) is 9.59 Å². The van der Waals surface area contributed by atoms with Gasteiger partial charge in [-0.1, -0.05) is 22.0 Å². The van der Waals surface area contributed by atoms with Crippen LogP contribution in [0.15, 0.2) is 27.6 Å². The highest BCUT2D eigenvalue weighted by molar-refractivity contribution is 9.10. The first-order chi connectivity index (χ1) is 11.2. The summed E-state index contributed by atoms with van der Waals surface area (Å²) >= 11 is 3.20. The number of hydrogen-bond donors (Lipinski definition) is 2. The van der Waals surface area contributed by atoms with Crippen molar-refractivity contribution in [3.8, 4) is 0 Å². The Balaban J connectivity index is 3.27. The second-order valence-electron chi connectivity index (χ2n) is 4.62. The number of carbonyl (C=O) groups excluding carboxylic acids is 2. The molecule has 0 saturated carbocycles. The molecule has 24 heavy (non-hydrogen) atoms. The smallest absolute Gasteiger partial charge is 0.409 e. The third-order valence-electron chi connectivity index (χ3n) is 2.76. The van der Waals surface area contributed by atoms with E-state index in [2.05, 4.69) is 26.6 Å². The van der Waals surface area contributed by atoms with Gasteiger partial charge in [0.15, 0.2) is 9.84 Å². The fraction of sp³-hybridized carbons (Fsp3) is 0.429. The first kappa shape index (κ1) is 20.2. The molecule has 0 unspecified atom stereocenters. The van der Waals surface area contributed by atoms with Gasteiger partial charge >= 0.3 is 12.2 Å². The average Bonchev–Trinajstić information content (AvgIpc) is 2.46. The monoisotopic (exact) mass is 422 g/mol. The maximum atomic E-state index is 12.0. The quantitative estimate of drug-likeness (QED) is 0.680. The third-order valence-corrected chi connectivity index (χ3v) is 4.41. The van der Waals surface area contributed by atoms with Gasteiger partial charge in [0.1, 0.15) is 6.17 Å². The van der Waals surface area contributed by atoms with Crippen molar-refractivity contribution in [2.75, 3.05) is 19.5 Å². The molecule has 0 aliphatic heterocycles. The summed E-state index contributed by atoms with van der Waals surface area (Å²) in [6.07, 6.45) is -1.71. The molecular formula is C14H19BrN2O6S. The number of carbonyl (C=O) groups is 2. The molecule has 0 aromatic heterocycles. The van der Waals surface area contributed by atoms with Gasteiger partial charge in [-0.3, -0.25) is 10.6 Å². The number of amides is 2. The Morgan fingerprint density at radius 2 is 1.62 bits per heavy atom. The minimum absolute atomic E-state index is 0.0459. The van der Waals surface area contributed by atoms with Crippen molar-refractivity contribution in [3.05, 3.63) is 28.2 Å². The Kier molecular flexibility index (Phi) is 7.49. The molecule has 134 valence electrons. The molecule has 0 heterocycles. The summed E-state index contributed by atoms with van der Waals surface area (Å²) in [6, 6.07) is 4.46. The minimum atomic E-state index is -3.61. The van der Waals surface area contributed by atoms with E-state index < -0.39 is 28.2 Å². The molecule has 0 radical (unpaired) electrons. The van der Waals surface area contributed by atoms with Crippen molar-refractivity contribution >= 4 is 38.0 Å². The summed E-state index contributed by atoms with van der Waals surface area (Å²) in [5.41, 5.74) is 0.182.